The molecule has 20 heavy (non-hydrogen) atoms. The van der Waals surface area contributed by atoms with Gasteiger partial charge in [0.2, 0.25) is 0 Å². The van der Waals surface area contributed by atoms with Crippen LogP contribution in [0, 0.1) is 0 Å². The number of benzene rings is 1. The van der Waals surface area contributed by atoms with E-state index in [2.05, 4.69) is 46.4 Å². The lowest BCUT2D eigenvalue weighted by molar-refractivity contribution is 0.274. The van der Waals surface area contributed by atoms with E-state index in [0.29, 0.717) is 0 Å². The van der Waals surface area contributed by atoms with Crippen LogP contribution in [0.5, 0.6) is 0 Å². The normalized spacial score (nSPS) is 21.9. The van der Waals surface area contributed by atoms with Crippen molar-refractivity contribution in [3.63, 3.8) is 0 Å². The summed E-state index contributed by atoms with van der Waals surface area (Å²) >= 11 is 0. The summed E-state index contributed by atoms with van der Waals surface area (Å²) in [6, 6.07) is 8.53. The van der Waals surface area contributed by atoms with Gasteiger partial charge in [-0.3, -0.25) is 4.90 Å². The first-order valence-electron chi connectivity index (χ1n) is 7.50. The lowest BCUT2D eigenvalue weighted by atomic mass is 9.98. The number of nitrogens with two attached hydrogens (primary N) is 1. The summed E-state index contributed by atoms with van der Waals surface area (Å²) in [6.07, 6.45) is 8.05. The lowest BCUT2D eigenvalue weighted by Crippen LogP contribution is -2.41. The van der Waals surface area contributed by atoms with Crippen LogP contribution >= 0.6 is 0 Å². The number of nitrogens with one attached hydrogen (secondary N) is 1. The summed E-state index contributed by atoms with van der Waals surface area (Å²) in [5, 5.41) is 1.34. The molecular weight excluding hydrogens is 246 g/mol. The molecule has 1 aromatic carbocycles. The third kappa shape index (κ3) is 2.17. The van der Waals surface area contributed by atoms with Crippen LogP contribution in [-0.2, 0) is 0 Å². The van der Waals surface area contributed by atoms with Crippen molar-refractivity contribution in [2.45, 2.75) is 24.8 Å². The van der Waals surface area contributed by atoms with Gasteiger partial charge in [-0.1, -0.05) is 24.3 Å². The van der Waals surface area contributed by atoms with Crippen LogP contribution < -0.4 is 5.73 Å². The Bertz CT molecular complexity index is 664. The summed E-state index contributed by atoms with van der Waals surface area (Å²) in [7, 11) is 0. The molecule has 2 heterocycles. The van der Waals surface area contributed by atoms with E-state index in [9.17, 15) is 0 Å². The predicted octanol–water partition coefficient (Wildman–Crippen LogP) is 2.75. The van der Waals surface area contributed by atoms with E-state index in [0.717, 1.165) is 26.1 Å². The zero-order valence-corrected chi connectivity index (χ0v) is 11.7. The fraction of sp³-hybridized carbons (Fsp3) is 0.412. The van der Waals surface area contributed by atoms with Crippen molar-refractivity contribution in [1.82, 2.24) is 9.88 Å². The van der Waals surface area contributed by atoms with E-state index in [1.54, 1.807) is 0 Å². The molecule has 0 unspecified atom stereocenters. The third-order valence-electron chi connectivity index (χ3n) is 4.66. The van der Waals surface area contributed by atoms with Crippen molar-refractivity contribution in [1.29, 1.82) is 0 Å². The third-order valence-corrected chi connectivity index (χ3v) is 4.66. The van der Waals surface area contributed by atoms with Crippen LogP contribution in [0.4, 0.5) is 0 Å². The zero-order valence-electron chi connectivity index (χ0n) is 11.7. The van der Waals surface area contributed by atoms with Crippen molar-refractivity contribution in [2.75, 3.05) is 19.6 Å². The van der Waals surface area contributed by atoms with Crippen LogP contribution in [0.25, 0.3) is 16.5 Å². The fourth-order valence-electron chi connectivity index (χ4n) is 3.20. The molecule has 1 saturated carbocycles. The van der Waals surface area contributed by atoms with Gasteiger partial charge in [0.25, 0.3) is 0 Å². The van der Waals surface area contributed by atoms with Crippen LogP contribution in [0.1, 0.15) is 24.8 Å². The Morgan fingerprint density at radius 3 is 2.85 bits per heavy atom. The molecule has 0 amide bonds. The van der Waals surface area contributed by atoms with E-state index in [1.165, 1.54) is 34.9 Å². The van der Waals surface area contributed by atoms with Gasteiger partial charge in [-0.05, 0) is 30.9 Å². The maximum atomic E-state index is 6.21. The summed E-state index contributed by atoms with van der Waals surface area (Å²) in [6.45, 7) is 3.22. The number of H-pyrrole nitrogens is 1. The highest BCUT2D eigenvalue weighted by atomic mass is 15.2. The number of hydrogen-bond acceptors (Lipinski definition) is 2. The number of nitrogens with zero attached hydrogens (tertiary/aromatic N) is 1. The number of fused-ring (bicyclic) bond motifs is 1. The van der Waals surface area contributed by atoms with Gasteiger partial charge < -0.3 is 10.7 Å². The Labute approximate surface area is 119 Å². The number of aromatic nitrogens is 1. The number of rotatable bonds is 3. The summed E-state index contributed by atoms with van der Waals surface area (Å²) in [5.41, 5.74) is 10.4. The van der Waals surface area contributed by atoms with E-state index >= 15 is 0 Å². The van der Waals surface area contributed by atoms with Crippen molar-refractivity contribution in [3.8, 4) is 0 Å². The monoisotopic (exact) mass is 267 g/mol. The number of para-hydroxylation sites is 1. The Hall–Kier alpha value is -1.58. The molecule has 2 aromatic rings. The minimum atomic E-state index is 0.131. The molecule has 3 nitrogen and oxygen atoms in total. The molecule has 1 aliphatic carbocycles. The van der Waals surface area contributed by atoms with Gasteiger partial charge in [0.05, 0.1) is 0 Å². The highest BCUT2D eigenvalue weighted by Crippen LogP contribution is 2.34. The van der Waals surface area contributed by atoms with Gasteiger partial charge in [-0.15, -0.1) is 0 Å². The topological polar surface area (TPSA) is 45.0 Å². The average Bonchev–Trinajstić information content (AvgIpc) is 3.03. The van der Waals surface area contributed by atoms with Crippen molar-refractivity contribution < 1.29 is 0 Å². The maximum absolute atomic E-state index is 6.21. The SMILES string of the molecule is NC1(CN2CC=C(c3c[nH]c4ccccc34)CC2)CC1. The first-order valence-corrected chi connectivity index (χ1v) is 7.50. The van der Waals surface area contributed by atoms with Gasteiger partial charge in [-0.25, -0.2) is 0 Å². The summed E-state index contributed by atoms with van der Waals surface area (Å²) in [5.74, 6) is 0. The first-order chi connectivity index (χ1) is 9.73. The maximum Gasteiger partial charge on any atom is 0.0460 e. The van der Waals surface area contributed by atoms with Gasteiger partial charge in [0, 0.05) is 47.8 Å². The van der Waals surface area contributed by atoms with E-state index < -0.39 is 0 Å². The van der Waals surface area contributed by atoms with E-state index in [1.807, 2.05) is 0 Å². The Balaban J connectivity index is 1.55. The first kappa shape index (κ1) is 12.2. The highest BCUT2D eigenvalue weighted by Gasteiger charge is 2.39. The fourth-order valence-corrected chi connectivity index (χ4v) is 3.20. The number of aromatic amines is 1. The van der Waals surface area contributed by atoms with Crippen molar-refractivity contribution >= 4 is 16.5 Å². The second kappa shape index (κ2) is 4.47. The molecule has 0 saturated heterocycles. The van der Waals surface area contributed by atoms with E-state index in [4.69, 9.17) is 5.73 Å². The van der Waals surface area contributed by atoms with Crippen LogP contribution in [0.15, 0.2) is 36.5 Å². The standard InChI is InChI=1S/C17H21N3/c18-17(7-8-17)12-20-9-5-13(6-10-20)15-11-19-16-4-2-1-3-14(15)16/h1-5,11,19H,6-10,12,18H2. The van der Waals surface area contributed by atoms with Crippen LogP contribution in [0.3, 0.4) is 0 Å². The molecule has 0 spiro atoms. The Morgan fingerprint density at radius 2 is 2.10 bits per heavy atom. The van der Waals surface area contributed by atoms with Crippen molar-refractivity contribution in [3.05, 3.63) is 42.1 Å². The van der Waals surface area contributed by atoms with E-state index in [-0.39, 0.29) is 5.54 Å². The minimum absolute atomic E-state index is 0.131. The molecule has 104 valence electrons. The molecule has 0 radical (unpaired) electrons. The largest absolute Gasteiger partial charge is 0.361 e. The molecule has 0 atom stereocenters. The zero-order chi connectivity index (χ0) is 13.6. The highest BCUT2D eigenvalue weighted by molar-refractivity contribution is 5.92. The van der Waals surface area contributed by atoms with Gasteiger partial charge in [0.1, 0.15) is 0 Å². The minimum Gasteiger partial charge on any atom is -0.361 e. The summed E-state index contributed by atoms with van der Waals surface area (Å²) < 4.78 is 0. The molecule has 2 aliphatic rings. The van der Waals surface area contributed by atoms with Gasteiger partial charge in [-0.2, -0.15) is 0 Å². The second-order valence-electron chi connectivity index (χ2n) is 6.32. The quantitative estimate of drug-likeness (QED) is 0.898. The smallest absolute Gasteiger partial charge is 0.0460 e. The van der Waals surface area contributed by atoms with Gasteiger partial charge in [0.15, 0.2) is 0 Å². The molecule has 4 rings (SSSR count). The second-order valence-corrected chi connectivity index (χ2v) is 6.32. The molecule has 1 aromatic heterocycles. The molecule has 1 aliphatic heterocycles. The predicted molar refractivity (Wildman–Crippen MR) is 83.5 cm³/mol. The Kier molecular flexibility index (Phi) is 2.72. The lowest BCUT2D eigenvalue weighted by Gasteiger charge is -2.28. The average molecular weight is 267 g/mol. The molecule has 3 heteroatoms. The molecular formula is C17H21N3. The number of hydrogen-bond donors (Lipinski definition) is 2. The molecule has 1 fully saturated rings. The Morgan fingerprint density at radius 1 is 1.25 bits per heavy atom. The van der Waals surface area contributed by atoms with Crippen LogP contribution in [0.2, 0.25) is 0 Å². The van der Waals surface area contributed by atoms with Gasteiger partial charge >= 0.3 is 0 Å². The molecule has 0 bridgehead atoms. The van der Waals surface area contributed by atoms with Crippen LogP contribution in [-0.4, -0.2) is 35.1 Å². The summed E-state index contributed by atoms with van der Waals surface area (Å²) in [4.78, 5) is 5.86. The molecule has 3 N–H and O–H groups in total. The van der Waals surface area contributed by atoms with Crippen molar-refractivity contribution in [2.24, 2.45) is 5.73 Å².